The summed E-state index contributed by atoms with van der Waals surface area (Å²) in [5.41, 5.74) is 1.45. The van der Waals surface area contributed by atoms with E-state index in [1.54, 1.807) is 0 Å². The van der Waals surface area contributed by atoms with Crippen LogP contribution < -0.4 is 5.32 Å². The first-order chi connectivity index (χ1) is 8.16. The van der Waals surface area contributed by atoms with Gasteiger partial charge in [0.25, 0.3) is 0 Å². The zero-order chi connectivity index (χ0) is 12.9. The Morgan fingerprint density at radius 3 is 2.47 bits per heavy atom. The number of unbranched alkanes of at least 4 members (excludes halogenated alkanes) is 3. The van der Waals surface area contributed by atoms with Crippen LogP contribution in [0.2, 0.25) is 0 Å². The summed E-state index contributed by atoms with van der Waals surface area (Å²) in [6.07, 6.45) is 11.7. The molecule has 0 aromatic carbocycles. The molecule has 1 N–H and O–H groups in total. The second kappa shape index (κ2) is 12.2. The predicted molar refractivity (Wildman–Crippen MR) is 79.5 cm³/mol. The van der Waals surface area contributed by atoms with Crippen LogP contribution >= 0.6 is 0 Å². The minimum Gasteiger partial charge on any atom is -0.317 e. The molecule has 0 fully saturated rings. The van der Waals surface area contributed by atoms with Gasteiger partial charge in [-0.1, -0.05) is 44.8 Å². The van der Waals surface area contributed by atoms with Crippen LogP contribution in [0.5, 0.6) is 0 Å². The van der Waals surface area contributed by atoms with Crippen LogP contribution in [0.15, 0.2) is 11.6 Å². The van der Waals surface area contributed by atoms with Crippen molar-refractivity contribution in [1.29, 1.82) is 0 Å². The van der Waals surface area contributed by atoms with E-state index in [1.807, 2.05) is 0 Å². The van der Waals surface area contributed by atoms with Crippen LogP contribution in [0, 0.1) is 5.92 Å². The maximum absolute atomic E-state index is 3.56. The summed E-state index contributed by atoms with van der Waals surface area (Å²) >= 11 is 0. The third kappa shape index (κ3) is 13.6. The SMILES string of the molecule is CCCCCCNCCC(C)CCC=C(C)C. The van der Waals surface area contributed by atoms with Crippen LogP contribution in [0.1, 0.15) is 72.6 Å². The fourth-order valence-corrected chi connectivity index (χ4v) is 1.95. The fraction of sp³-hybridized carbons (Fsp3) is 0.875. The van der Waals surface area contributed by atoms with Gasteiger partial charge in [-0.15, -0.1) is 0 Å². The minimum absolute atomic E-state index is 0.855. The monoisotopic (exact) mass is 239 g/mol. The number of hydrogen-bond donors (Lipinski definition) is 1. The van der Waals surface area contributed by atoms with Gasteiger partial charge in [-0.25, -0.2) is 0 Å². The normalized spacial score (nSPS) is 12.5. The second-order valence-electron chi connectivity index (χ2n) is 5.56. The first kappa shape index (κ1) is 16.7. The van der Waals surface area contributed by atoms with Gasteiger partial charge in [-0.3, -0.25) is 0 Å². The van der Waals surface area contributed by atoms with Crippen LogP contribution in [0.4, 0.5) is 0 Å². The van der Waals surface area contributed by atoms with E-state index in [2.05, 4.69) is 39.1 Å². The summed E-state index contributed by atoms with van der Waals surface area (Å²) in [6, 6.07) is 0. The molecule has 0 aliphatic carbocycles. The molecule has 0 aromatic rings. The van der Waals surface area contributed by atoms with Crippen molar-refractivity contribution in [2.24, 2.45) is 5.92 Å². The Bertz CT molecular complexity index is 180. The van der Waals surface area contributed by atoms with E-state index in [-0.39, 0.29) is 0 Å². The van der Waals surface area contributed by atoms with Crippen molar-refractivity contribution in [3.8, 4) is 0 Å². The predicted octanol–water partition coefficient (Wildman–Crippen LogP) is 4.93. The quantitative estimate of drug-likeness (QED) is 0.398. The lowest BCUT2D eigenvalue weighted by molar-refractivity contribution is 0.468. The van der Waals surface area contributed by atoms with Crippen molar-refractivity contribution < 1.29 is 0 Å². The van der Waals surface area contributed by atoms with Crippen LogP contribution in [-0.4, -0.2) is 13.1 Å². The van der Waals surface area contributed by atoms with Gasteiger partial charge in [0, 0.05) is 0 Å². The van der Waals surface area contributed by atoms with Gasteiger partial charge in [0.05, 0.1) is 0 Å². The highest BCUT2D eigenvalue weighted by Gasteiger charge is 2.00. The molecular formula is C16H33N. The lowest BCUT2D eigenvalue weighted by Gasteiger charge is -2.10. The van der Waals surface area contributed by atoms with E-state index in [0.29, 0.717) is 0 Å². The molecule has 0 aromatic heterocycles. The molecule has 0 spiro atoms. The smallest absolute Gasteiger partial charge is 0.00464 e. The largest absolute Gasteiger partial charge is 0.317 e. The first-order valence-corrected chi connectivity index (χ1v) is 7.50. The van der Waals surface area contributed by atoms with Crippen LogP contribution in [-0.2, 0) is 0 Å². The Morgan fingerprint density at radius 2 is 1.82 bits per heavy atom. The maximum Gasteiger partial charge on any atom is -0.00464 e. The second-order valence-corrected chi connectivity index (χ2v) is 5.56. The van der Waals surface area contributed by atoms with E-state index in [1.165, 1.54) is 63.6 Å². The Balaban J connectivity index is 3.21. The van der Waals surface area contributed by atoms with Crippen molar-refractivity contribution in [3.05, 3.63) is 11.6 Å². The Hall–Kier alpha value is -0.300. The molecule has 0 radical (unpaired) electrons. The molecule has 102 valence electrons. The number of hydrogen-bond acceptors (Lipinski definition) is 1. The molecule has 1 unspecified atom stereocenters. The van der Waals surface area contributed by atoms with Gasteiger partial charge in [0.15, 0.2) is 0 Å². The van der Waals surface area contributed by atoms with Crippen LogP contribution in [0.3, 0.4) is 0 Å². The van der Waals surface area contributed by atoms with Gasteiger partial charge in [0.2, 0.25) is 0 Å². The topological polar surface area (TPSA) is 12.0 Å². The Morgan fingerprint density at radius 1 is 1.06 bits per heavy atom. The molecule has 0 aliphatic heterocycles. The summed E-state index contributed by atoms with van der Waals surface area (Å²) in [4.78, 5) is 0. The van der Waals surface area contributed by atoms with Crippen LogP contribution in [0.25, 0.3) is 0 Å². The molecule has 0 rings (SSSR count). The molecular weight excluding hydrogens is 206 g/mol. The Labute approximate surface area is 109 Å². The number of rotatable bonds is 11. The van der Waals surface area contributed by atoms with E-state index in [4.69, 9.17) is 0 Å². The highest BCUT2D eigenvalue weighted by molar-refractivity contribution is 4.92. The van der Waals surface area contributed by atoms with E-state index >= 15 is 0 Å². The summed E-state index contributed by atoms with van der Waals surface area (Å²) < 4.78 is 0. The lowest BCUT2D eigenvalue weighted by Crippen LogP contribution is -2.18. The molecule has 1 nitrogen and oxygen atoms in total. The van der Waals surface area contributed by atoms with Gasteiger partial charge in [-0.2, -0.15) is 0 Å². The van der Waals surface area contributed by atoms with Gasteiger partial charge < -0.3 is 5.32 Å². The number of nitrogens with one attached hydrogen (secondary N) is 1. The van der Waals surface area contributed by atoms with Gasteiger partial charge >= 0.3 is 0 Å². The average molecular weight is 239 g/mol. The summed E-state index contributed by atoms with van der Waals surface area (Å²) in [5.74, 6) is 0.855. The molecule has 0 aliphatic rings. The lowest BCUT2D eigenvalue weighted by atomic mass is 10.0. The molecule has 0 heterocycles. The molecule has 0 saturated heterocycles. The van der Waals surface area contributed by atoms with Crippen molar-refractivity contribution in [2.75, 3.05) is 13.1 Å². The molecule has 0 amide bonds. The first-order valence-electron chi connectivity index (χ1n) is 7.50. The third-order valence-corrected chi connectivity index (χ3v) is 3.23. The van der Waals surface area contributed by atoms with Gasteiger partial charge in [-0.05, 0) is 58.5 Å². The van der Waals surface area contributed by atoms with E-state index in [0.717, 1.165) is 5.92 Å². The standard InChI is InChI=1S/C16H33N/c1-5-6-7-8-13-17-14-12-16(4)11-9-10-15(2)3/h10,16-17H,5-9,11-14H2,1-4H3. The van der Waals surface area contributed by atoms with Crippen molar-refractivity contribution >= 4 is 0 Å². The molecule has 0 bridgehead atoms. The zero-order valence-electron chi connectivity index (χ0n) is 12.5. The molecule has 1 heteroatoms. The zero-order valence-corrected chi connectivity index (χ0v) is 12.5. The average Bonchev–Trinajstić information content (AvgIpc) is 2.27. The van der Waals surface area contributed by atoms with Crippen molar-refractivity contribution in [1.82, 2.24) is 5.32 Å². The maximum atomic E-state index is 3.56. The minimum atomic E-state index is 0.855. The summed E-state index contributed by atoms with van der Waals surface area (Å²) in [7, 11) is 0. The third-order valence-electron chi connectivity index (χ3n) is 3.23. The van der Waals surface area contributed by atoms with Crippen molar-refractivity contribution in [3.63, 3.8) is 0 Å². The highest BCUT2D eigenvalue weighted by atomic mass is 14.8. The van der Waals surface area contributed by atoms with E-state index < -0.39 is 0 Å². The fourth-order valence-electron chi connectivity index (χ4n) is 1.95. The van der Waals surface area contributed by atoms with Gasteiger partial charge in [0.1, 0.15) is 0 Å². The summed E-state index contributed by atoms with van der Waals surface area (Å²) in [5, 5.41) is 3.56. The molecule has 1 atom stereocenters. The Kier molecular flexibility index (Phi) is 12.0. The number of allylic oxidation sites excluding steroid dienone is 2. The highest BCUT2D eigenvalue weighted by Crippen LogP contribution is 2.10. The summed E-state index contributed by atoms with van der Waals surface area (Å²) in [6.45, 7) is 11.4. The van der Waals surface area contributed by atoms with Crippen molar-refractivity contribution in [2.45, 2.75) is 72.6 Å². The molecule has 0 saturated carbocycles. The molecule has 17 heavy (non-hydrogen) atoms. The van der Waals surface area contributed by atoms with E-state index in [9.17, 15) is 0 Å².